The smallest absolute Gasteiger partial charge is 0.234 e. The predicted octanol–water partition coefficient (Wildman–Crippen LogP) is 1.61. The molecule has 0 aliphatic rings. The van der Waals surface area contributed by atoms with Crippen LogP contribution in [0.5, 0.6) is 0 Å². The molecule has 0 unspecified atom stereocenters. The zero-order chi connectivity index (χ0) is 13.9. The molecule has 0 saturated heterocycles. The van der Waals surface area contributed by atoms with E-state index in [1.165, 1.54) is 0 Å². The summed E-state index contributed by atoms with van der Waals surface area (Å²) in [6, 6.07) is 7.97. The summed E-state index contributed by atoms with van der Waals surface area (Å²) < 4.78 is 5.41. The Morgan fingerprint density at radius 2 is 2.11 bits per heavy atom. The van der Waals surface area contributed by atoms with Crippen LogP contribution in [0.3, 0.4) is 0 Å². The van der Waals surface area contributed by atoms with Gasteiger partial charge in [-0.2, -0.15) is 0 Å². The number of nitrogens with one attached hydrogen (secondary N) is 2. The van der Waals surface area contributed by atoms with E-state index in [0.29, 0.717) is 32.8 Å². The number of hydrogen-bond acceptors (Lipinski definition) is 3. The Hall–Kier alpha value is -1.65. The molecule has 1 aromatic rings. The molecular formula is C15H22N2O2. The Bertz CT molecular complexity index is 405. The summed E-state index contributed by atoms with van der Waals surface area (Å²) in [6.45, 7) is 8.28. The number of carbonyl (C=O) groups excluding carboxylic acids is 1. The Labute approximate surface area is 114 Å². The van der Waals surface area contributed by atoms with Gasteiger partial charge in [0.1, 0.15) is 0 Å². The number of hydrogen-bond donors (Lipinski definition) is 2. The van der Waals surface area contributed by atoms with Crippen LogP contribution in [0.15, 0.2) is 36.9 Å². The maximum atomic E-state index is 11.6. The molecule has 0 aromatic heterocycles. The molecule has 0 radical (unpaired) electrons. The molecule has 4 heteroatoms. The van der Waals surface area contributed by atoms with Crippen molar-refractivity contribution >= 4 is 5.91 Å². The Kier molecular flexibility index (Phi) is 7.54. The van der Waals surface area contributed by atoms with Crippen LogP contribution in [0.25, 0.3) is 0 Å². The number of benzene rings is 1. The topological polar surface area (TPSA) is 50.4 Å². The maximum absolute atomic E-state index is 11.6. The van der Waals surface area contributed by atoms with Crippen molar-refractivity contribution < 1.29 is 9.53 Å². The fourth-order valence-electron chi connectivity index (χ4n) is 1.63. The summed E-state index contributed by atoms with van der Waals surface area (Å²) in [5, 5.41) is 5.85. The van der Waals surface area contributed by atoms with Crippen LogP contribution in [0.2, 0.25) is 0 Å². The molecule has 0 bridgehead atoms. The lowest BCUT2D eigenvalue weighted by atomic mass is 10.1. The lowest BCUT2D eigenvalue weighted by molar-refractivity contribution is -0.120. The van der Waals surface area contributed by atoms with Crippen LogP contribution in [-0.2, 0) is 22.7 Å². The van der Waals surface area contributed by atoms with Gasteiger partial charge in [0.15, 0.2) is 0 Å². The highest BCUT2D eigenvalue weighted by Crippen LogP contribution is 2.09. The third-order valence-electron chi connectivity index (χ3n) is 2.63. The zero-order valence-corrected chi connectivity index (χ0v) is 11.4. The van der Waals surface area contributed by atoms with E-state index in [1.807, 2.05) is 31.2 Å². The fraction of sp³-hybridized carbons (Fsp3) is 0.400. The van der Waals surface area contributed by atoms with Crippen molar-refractivity contribution in [3.05, 3.63) is 48.0 Å². The number of rotatable bonds is 9. The Morgan fingerprint density at radius 1 is 1.37 bits per heavy atom. The molecule has 0 fully saturated rings. The first-order valence-electron chi connectivity index (χ1n) is 6.50. The normalized spacial score (nSPS) is 10.2. The molecule has 0 aliphatic carbocycles. The number of carbonyl (C=O) groups is 1. The fourth-order valence-corrected chi connectivity index (χ4v) is 1.63. The highest BCUT2D eigenvalue weighted by Gasteiger charge is 2.04. The molecule has 4 nitrogen and oxygen atoms in total. The quantitative estimate of drug-likeness (QED) is 0.525. The third kappa shape index (κ3) is 6.18. The van der Waals surface area contributed by atoms with Gasteiger partial charge in [-0.1, -0.05) is 30.3 Å². The summed E-state index contributed by atoms with van der Waals surface area (Å²) in [4.78, 5) is 11.6. The lowest BCUT2D eigenvalue weighted by Crippen LogP contribution is -2.33. The van der Waals surface area contributed by atoms with Gasteiger partial charge in [-0.05, 0) is 18.1 Å². The van der Waals surface area contributed by atoms with E-state index in [1.54, 1.807) is 6.08 Å². The molecule has 104 valence electrons. The van der Waals surface area contributed by atoms with Gasteiger partial charge >= 0.3 is 0 Å². The second-order valence-corrected chi connectivity index (χ2v) is 4.10. The molecule has 0 spiro atoms. The van der Waals surface area contributed by atoms with E-state index in [2.05, 4.69) is 17.2 Å². The first-order valence-corrected chi connectivity index (χ1v) is 6.50. The maximum Gasteiger partial charge on any atom is 0.234 e. The van der Waals surface area contributed by atoms with Gasteiger partial charge in [-0.15, -0.1) is 6.58 Å². The van der Waals surface area contributed by atoms with Crippen molar-refractivity contribution in [1.29, 1.82) is 0 Å². The van der Waals surface area contributed by atoms with Crippen molar-refractivity contribution in [2.75, 3.05) is 19.7 Å². The van der Waals surface area contributed by atoms with Crippen molar-refractivity contribution in [3.63, 3.8) is 0 Å². The van der Waals surface area contributed by atoms with E-state index >= 15 is 0 Å². The van der Waals surface area contributed by atoms with Gasteiger partial charge in [0, 0.05) is 19.7 Å². The molecule has 1 aromatic carbocycles. The van der Waals surface area contributed by atoms with Crippen molar-refractivity contribution in [2.24, 2.45) is 0 Å². The molecule has 0 aliphatic heterocycles. The largest absolute Gasteiger partial charge is 0.377 e. The molecule has 19 heavy (non-hydrogen) atoms. The number of ether oxygens (including phenoxy) is 1. The summed E-state index contributed by atoms with van der Waals surface area (Å²) >= 11 is 0. The highest BCUT2D eigenvalue weighted by molar-refractivity contribution is 5.78. The molecule has 2 N–H and O–H groups in total. The van der Waals surface area contributed by atoms with Crippen LogP contribution in [-0.4, -0.2) is 25.6 Å². The lowest BCUT2D eigenvalue weighted by Gasteiger charge is -2.11. The standard InChI is InChI=1S/C15H22N2O2/c1-3-9-16-11-15(18)17-10-13-7-5-6-8-14(13)12-19-4-2/h3,5-8,16H,1,4,9-12H2,2H3,(H,17,18). The zero-order valence-electron chi connectivity index (χ0n) is 11.4. The average molecular weight is 262 g/mol. The molecule has 0 saturated carbocycles. The third-order valence-corrected chi connectivity index (χ3v) is 2.63. The van der Waals surface area contributed by atoms with Crippen LogP contribution in [0, 0.1) is 0 Å². The molecule has 1 amide bonds. The van der Waals surface area contributed by atoms with Crippen LogP contribution in [0.4, 0.5) is 0 Å². The van der Waals surface area contributed by atoms with Crippen LogP contribution in [0.1, 0.15) is 18.1 Å². The first-order chi connectivity index (χ1) is 9.27. The molecular weight excluding hydrogens is 240 g/mol. The van der Waals surface area contributed by atoms with E-state index in [-0.39, 0.29) is 5.91 Å². The van der Waals surface area contributed by atoms with E-state index in [4.69, 9.17) is 4.74 Å². The molecule has 0 atom stereocenters. The van der Waals surface area contributed by atoms with Crippen molar-refractivity contribution in [1.82, 2.24) is 10.6 Å². The summed E-state index contributed by atoms with van der Waals surface area (Å²) in [7, 11) is 0. The van der Waals surface area contributed by atoms with Crippen molar-refractivity contribution in [3.8, 4) is 0 Å². The monoisotopic (exact) mass is 262 g/mol. The van der Waals surface area contributed by atoms with E-state index < -0.39 is 0 Å². The average Bonchev–Trinajstić information content (AvgIpc) is 2.44. The van der Waals surface area contributed by atoms with E-state index in [0.717, 1.165) is 11.1 Å². The first kappa shape index (κ1) is 15.4. The summed E-state index contributed by atoms with van der Waals surface area (Å²) in [6.07, 6.45) is 1.73. The Balaban J connectivity index is 2.43. The van der Waals surface area contributed by atoms with Gasteiger partial charge in [-0.25, -0.2) is 0 Å². The predicted molar refractivity (Wildman–Crippen MR) is 76.7 cm³/mol. The Morgan fingerprint density at radius 3 is 2.79 bits per heavy atom. The van der Waals surface area contributed by atoms with Crippen molar-refractivity contribution in [2.45, 2.75) is 20.1 Å². The highest BCUT2D eigenvalue weighted by atomic mass is 16.5. The van der Waals surface area contributed by atoms with Gasteiger partial charge in [0.25, 0.3) is 0 Å². The molecule has 1 rings (SSSR count). The molecule has 0 heterocycles. The van der Waals surface area contributed by atoms with Gasteiger partial charge in [0.2, 0.25) is 5.91 Å². The second kappa shape index (κ2) is 9.30. The van der Waals surface area contributed by atoms with E-state index in [9.17, 15) is 4.79 Å². The van der Waals surface area contributed by atoms with Gasteiger partial charge in [0.05, 0.1) is 13.2 Å². The van der Waals surface area contributed by atoms with Crippen LogP contribution < -0.4 is 10.6 Å². The number of amides is 1. The van der Waals surface area contributed by atoms with Gasteiger partial charge < -0.3 is 15.4 Å². The minimum absolute atomic E-state index is 0.0203. The summed E-state index contributed by atoms with van der Waals surface area (Å²) in [5.41, 5.74) is 2.21. The SMILES string of the molecule is C=CCNCC(=O)NCc1ccccc1COCC. The second-order valence-electron chi connectivity index (χ2n) is 4.10. The van der Waals surface area contributed by atoms with Crippen LogP contribution >= 0.6 is 0 Å². The van der Waals surface area contributed by atoms with Gasteiger partial charge in [-0.3, -0.25) is 4.79 Å². The minimum Gasteiger partial charge on any atom is -0.377 e. The minimum atomic E-state index is -0.0203. The summed E-state index contributed by atoms with van der Waals surface area (Å²) in [5.74, 6) is -0.0203.